The first-order valence-corrected chi connectivity index (χ1v) is 4.22. The lowest BCUT2D eigenvalue weighted by Crippen LogP contribution is -2.25. The van der Waals surface area contributed by atoms with Crippen molar-refractivity contribution in [2.45, 2.75) is 25.7 Å². The van der Waals surface area contributed by atoms with Gasteiger partial charge in [-0.3, -0.25) is 0 Å². The lowest BCUT2D eigenvalue weighted by Gasteiger charge is -2.16. The van der Waals surface area contributed by atoms with Gasteiger partial charge in [-0.05, 0) is 13.8 Å². The Kier molecular flexibility index (Phi) is 3.35. The monoisotopic (exact) mass is 201 g/mol. The molecule has 0 radical (unpaired) electrons. The molecular weight excluding hydrogens is 188 g/mol. The van der Waals surface area contributed by atoms with Crippen LogP contribution in [-0.2, 0) is 19.0 Å². The second-order valence-corrected chi connectivity index (χ2v) is 3.34. The topological polar surface area (TPSA) is 82.7 Å². The first-order chi connectivity index (χ1) is 6.53. The van der Waals surface area contributed by atoms with E-state index in [9.17, 15) is 4.79 Å². The van der Waals surface area contributed by atoms with Gasteiger partial charge in [0.2, 0.25) is 0 Å². The molecule has 1 aliphatic heterocycles. The Hall–Kier alpha value is -1.23. The van der Waals surface area contributed by atoms with Crippen LogP contribution in [0.4, 0.5) is 0 Å². The fourth-order valence-corrected chi connectivity index (χ4v) is 1.11. The van der Waals surface area contributed by atoms with Gasteiger partial charge >= 0.3 is 12.2 Å². The van der Waals surface area contributed by atoms with Crippen molar-refractivity contribution in [1.29, 1.82) is 5.53 Å². The van der Waals surface area contributed by atoms with Crippen molar-refractivity contribution in [3.8, 4) is 0 Å². The van der Waals surface area contributed by atoms with Crippen LogP contribution in [0.3, 0.4) is 0 Å². The highest BCUT2D eigenvalue weighted by Gasteiger charge is 2.33. The van der Waals surface area contributed by atoms with Crippen molar-refractivity contribution < 1.29 is 23.8 Å². The zero-order valence-electron chi connectivity index (χ0n) is 8.15. The number of carbonyl (C=O) groups is 1. The molecule has 0 aromatic carbocycles. The first kappa shape index (κ1) is 10.8. The predicted molar refractivity (Wildman–Crippen MR) is 44.9 cm³/mol. The molecule has 1 N–H and O–H groups in total. The van der Waals surface area contributed by atoms with Gasteiger partial charge in [-0.25, -0.2) is 4.79 Å². The molecule has 0 aliphatic carbocycles. The summed E-state index contributed by atoms with van der Waals surface area (Å²) in [6.45, 7) is 4.10. The summed E-state index contributed by atoms with van der Waals surface area (Å²) in [6, 6.07) is 0. The molecule has 14 heavy (non-hydrogen) atoms. The number of nitrogens with zero attached hydrogens (tertiary/aromatic N) is 1. The maximum atomic E-state index is 10.8. The number of carbonyl (C=O) groups excluding carboxylic acids is 1. The van der Waals surface area contributed by atoms with E-state index in [1.54, 1.807) is 13.8 Å². The Labute approximate surface area is 81.4 Å². The van der Waals surface area contributed by atoms with E-state index in [4.69, 9.17) is 19.7 Å². The molecule has 1 fully saturated rings. The van der Waals surface area contributed by atoms with Gasteiger partial charge in [0, 0.05) is 0 Å². The van der Waals surface area contributed by atoms with Crippen LogP contribution in [0, 0.1) is 5.53 Å². The third-order valence-corrected chi connectivity index (χ3v) is 1.65. The largest absolute Gasteiger partial charge is 0.454 e. The van der Waals surface area contributed by atoms with Crippen LogP contribution in [0.25, 0.3) is 0 Å². The van der Waals surface area contributed by atoms with Gasteiger partial charge in [-0.15, -0.1) is 0 Å². The number of ether oxygens (including phenoxy) is 3. The van der Waals surface area contributed by atoms with E-state index in [0.717, 1.165) is 6.21 Å². The normalized spacial score (nSPS) is 24.0. The van der Waals surface area contributed by atoms with Gasteiger partial charge in [0.25, 0.3) is 0 Å². The van der Waals surface area contributed by atoms with Gasteiger partial charge in [0.05, 0.1) is 16.9 Å². The molecule has 1 rings (SSSR count). The fraction of sp³-hybridized carbons (Fsp3) is 0.750. The minimum absolute atomic E-state index is 0.119. The van der Waals surface area contributed by atoms with Crippen LogP contribution < -0.4 is 0 Å². The Morgan fingerprint density at radius 2 is 2.50 bits per heavy atom. The first-order valence-electron chi connectivity index (χ1n) is 4.22. The van der Waals surface area contributed by atoms with Gasteiger partial charge in [0.1, 0.15) is 12.7 Å². The van der Waals surface area contributed by atoms with Crippen LogP contribution in [0.15, 0.2) is 0 Å². The number of hydrogen-bond acceptors (Lipinski definition) is 5. The summed E-state index contributed by atoms with van der Waals surface area (Å²) in [5.41, 5.74) is 6.40. The van der Waals surface area contributed by atoms with Crippen molar-refractivity contribution in [3.63, 3.8) is 0 Å². The molecule has 0 aromatic heterocycles. The molecule has 0 bridgehead atoms. The molecule has 78 valence electrons. The molecule has 0 spiro atoms. The summed E-state index contributed by atoms with van der Waals surface area (Å²) in [5, 5.41) is 0. The molecule has 6 nitrogen and oxygen atoms in total. The third kappa shape index (κ3) is 3.26. The molecule has 1 aliphatic rings. The lowest BCUT2D eigenvalue weighted by molar-refractivity contribution is -0.159. The van der Waals surface area contributed by atoms with Gasteiger partial charge < -0.3 is 14.2 Å². The van der Waals surface area contributed by atoms with Gasteiger partial charge in [0.15, 0.2) is 5.79 Å². The number of esters is 1. The molecule has 0 saturated carbocycles. The van der Waals surface area contributed by atoms with E-state index in [0.29, 0.717) is 6.61 Å². The van der Waals surface area contributed by atoms with Crippen molar-refractivity contribution in [2.24, 2.45) is 0 Å². The average Bonchev–Trinajstić information content (AvgIpc) is 2.43. The Morgan fingerprint density at radius 1 is 1.79 bits per heavy atom. The van der Waals surface area contributed by atoms with Gasteiger partial charge in [-0.2, -0.15) is 0 Å². The number of nitrogens with one attached hydrogen (secondary N) is 1. The van der Waals surface area contributed by atoms with Crippen LogP contribution in [-0.4, -0.2) is 42.1 Å². The molecule has 1 heterocycles. The van der Waals surface area contributed by atoms with E-state index < -0.39 is 11.8 Å². The molecule has 1 unspecified atom stereocenters. The molecule has 1 saturated heterocycles. The van der Waals surface area contributed by atoms with Crippen LogP contribution in [0.2, 0.25) is 0 Å². The summed E-state index contributed by atoms with van der Waals surface area (Å²) < 4.78 is 15.4. The van der Waals surface area contributed by atoms with E-state index in [1.807, 2.05) is 0 Å². The third-order valence-electron chi connectivity index (χ3n) is 1.65. The summed E-state index contributed by atoms with van der Waals surface area (Å²) in [5.74, 6) is -1.26. The van der Waals surface area contributed by atoms with Crippen molar-refractivity contribution in [3.05, 3.63) is 0 Å². The summed E-state index contributed by atoms with van der Waals surface area (Å²) in [4.78, 5) is 13.6. The zero-order valence-corrected chi connectivity index (χ0v) is 8.15. The van der Waals surface area contributed by atoms with E-state index in [1.165, 1.54) is 0 Å². The molecular formula is C8H13N2O4+. The SMILES string of the molecule is CC1(C)OCC(COC(=O)C=[N+]=N)O1. The second kappa shape index (κ2) is 4.32. The fourth-order valence-electron chi connectivity index (χ4n) is 1.11. The molecule has 0 amide bonds. The number of hydrogen-bond donors (Lipinski definition) is 1. The number of rotatable bonds is 3. The van der Waals surface area contributed by atoms with E-state index in [-0.39, 0.29) is 12.7 Å². The summed E-state index contributed by atoms with van der Waals surface area (Å²) >= 11 is 0. The highest BCUT2D eigenvalue weighted by atomic mass is 16.7. The molecule has 1 atom stereocenters. The van der Waals surface area contributed by atoms with Gasteiger partial charge in [-0.1, -0.05) is 0 Å². The minimum atomic E-state index is -0.645. The predicted octanol–water partition coefficient (Wildman–Crippen LogP) is -0.00893. The highest BCUT2D eigenvalue weighted by molar-refractivity contribution is 6.20. The Bertz CT molecular complexity index is 271. The lowest BCUT2D eigenvalue weighted by atomic mass is 10.4. The maximum Gasteiger partial charge on any atom is 0.418 e. The summed E-state index contributed by atoms with van der Waals surface area (Å²) in [6.07, 6.45) is 0.550. The van der Waals surface area contributed by atoms with Crippen LogP contribution in [0.1, 0.15) is 13.8 Å². The molecule has 6 heteroatoms. The van der Waals surface area contributed by atoms with Crippen molar-refractivity contribution in [1.82, 2.24) is 0 Å². The minimum Gasteiger partial charge on any atom is -0.454 e. The Morgan fingerprint density at radius 3 is 3.00 bits per heavy atom. The van der Waals surface area contributed by atoms with E-state index in [2.05, 4.69) is 4.79 Å². The Balaban J connectivity index is 2.27. The van der Waals surface area contributed by atoms with Crippen LogP contribution >= 0.6 is 0 Å². The van der Waals surface area contributed by atoms with E-state index >= 15 is 0 Å². The average molecular weight is 201 g/mol. The zero-order chi connectivity index (χ0) is 10.6. The quantitative estimate of drug-likeness (QED) is 0.301. The van der Waals surface area contributed by atoms with Crippen molar-refractivity contribution >= 4 is 12.2 Å². The highest BCUT2D eigenvalue weighted by Crippen LogP contribution is 2.22. The van der Waals surface area contributed by atoms with Crippen molar-refractivity contribution in [2.75, 3.05) is 13.2 Å². The molecule has 0 aromatic rings. The smallest absolute Gasteiger partial charge is 0.418 e. The maximum absolute atomic E-state index is 10.8. The van der Waals surface area contributed by atoms with Crippen LogP contribution in [0.5, 0.6) is 0 Å². The second-order valence-electron chi connectivity index (χ2n) is 3.34. The summed E-state index contributed by atoms with van der Waals surface area (Å²) in [7, 11) is 0. The standard InChI is InChI=1S/C8H13N2O4/c1-8(2)13-5-6(14-8)4-12-7(11)3-10-9/h3,6,9H,4-5H2,1-2H3/q+1.